The highest BCUT2D eigenvalue weighted by Gasteiger charge is 2.01. The zero-order valence-corrected chi connectivity index (χ0v) is 8.43. The van der Waals surface area contributed by atoms with Crippen LogP contribution in [-0.2, 0) is 0 Å². The Hall–Kier alpha value is -0.890. The molecule has 0 saturated heterocycles. The lowest BCUT2D eigenvalue weighted by Gasteiger charge is -1.99. The monoisotopic (exact) mass is 204 g/mol. The van der Waals surface area contributed by atoms with Gasteiger partial charge in [-0.25, -0.2) is 14.3 Å². The molecule has 0 spiro atoms. The molecule has 72 valence electrons. The van der Waals surface area contributed by atoms with Crippen LogP contribution in [0.2, 0.25) is 0 Å². The molecule has 0 amide bonds. The van der Waals surface area contributed by atoms with Crippen LogP contribution < -0.4 is 0 Å². The largest absolute Gasteiger partial charge is 0.210 e. The lowest BCUT2D eigenvalue weighted by molar-refractivity contribution is 0.548. The summed E-state index contributed by atoms with van der Waals surface area (Å²) in [6, 6.07) is 0. The molecule has 0 rings (SSSR count). The zero-order valence-electron chi connectivity index (χ0n) is 7.27. The topological polar surface area (TPSA) is 36.2 Å². The fraction of sp³-hybridized carbons (Fsp3) is 0.250. The summed E-state index contributed by atoms with van der Waals surface area (Å²) in [6.07, 6.45) is 1.01. The fourth-order valence-corrected chi connectivity index (χ4v) is 0.786. The van der Waals surface area contributed by atoms with Crippen LogP contribution in [0.25, 0.3) is 0 Å². The molecule has 0 aliphatic carbocycles. The van der Waals surface area contributed by atoms with E-state index in [0.29, 0.717) is 10.9 Å². The summed E-state index contributed by atoms with van der Waals surface area (Å²) in [5, 5.41) is 3.60. The van der Waals surface area contributed by atoms with Gasteiger partial charge >= 0.3 is 0 Å². The van der Waals surface area contributed by atoms with Crippen molar-refractivity contribution >= 4 is 9.24 Å². The molecule has 0 radical (unpaired) electrons. The van der Waals surface area contributed by atoms with Gasteiger partial charge in [-0.1, -0.05) is 6.58 Å². The Kier molecular flexibility index (Phi) is 5.31. The van der Waals surface area contributed by atoms with Gasteiger partial charge in [0.15, 0.2) is 11.7 Å². The highest BCUT2D eigenvalue weighted by Crippen LogP contribution is 2.20. The van der Waals surface area contributed by atoms with Crippen molar-refractivity contribution in [3.8, 4) is 0 Å². The maximum atomic E-state index is 12.6. The maximum Gasteiger partial charge on any atom is 0.158 e. The molecule has 0 aromatic carbocycles. The van der Waals surface area contributed by atoms with Gasteiger partial charge in [-0.2, -0.15) is 5.11 Å². The number of nitrogens with one attached hydrogen (secondary N) is 1. The second-order valence-corrected chi connectivity index (χ2v) is 3.07. The van der Waals surface area contributed by atoms with Crippen LogP contribution in [-0.4, -0.2) is 6.54 Å². The van der Waals surface area contributed by atoms with E-state index in [-0.39, 0.29) is 6.54 Å². The van der Waals surface area contributed by atoms with E-state index in [0.717, 1.165) is 6.08 Å². The molecule has 0 aromatic heterocycles. The Morgan fingerprint density at radius 3 is 2.54 bits per heavy atom. The van der Waals surface area contributed by atoms with Crippen molar-refractivity contribution in [3.63, 3.8) is 0 Å². The number of nitrogens with zero attached hydrogens (tertiary/aromatic N) is 1. The first-order valence-electron chi connectivity index (χ1n) is 3.49. The van der Waals surface area contributed by atoms with Crippen LogP contribution in [0.3, 0.4) is 0 Å². The normalized spacial score (nSPS) is 13.7. The van der Waals surface area contributed by atoms with Crippen molar-refractivity contribution in [2.45, 2.75) is 6.92 Å². The third kappa shape index (κ3) is 4.63. The average molecular weight is 204 g/mol. The number of hydrogen-bond donors (Lipinski definition) is 1. The first-order chi connectivity index (χ1) is 5.99. The van der Waals surface area contributed by atoms with E-state index in [2.05, 4.69) is 20.9 Å². The molecule has 1 unspecified atom stereocenters. The molecule has 0 saturated carbocycles. The van der Waals surface area contributed by atoms with Crippen molar-refractivity contribution in [1.29, 1.82) is 5.53 Å². The van der Waals surface area contributed by atoms with Gasteiger partial charge in [0.1, 0.15) is 0 Å². The van der Waals surface area contributed by atoms with Crippen molar-refractivity contribution in [2.75, 3.05) is 6.54 Å². The lowest BCUT2D eigenvalue weighted by atomic mass is 10.2. The first-order valence-corrected chi connectivity index (χ1v) is 4.07. The summed E-state index contributed by atoms with van der Waals surface area (Å²) >= 11 is 0. The molecule has 1 atom stereocenters. The van der Waals surface area contributed by atoms with E-state index in [4.69, 9.17) is 5.53 Å². The minimum Gasteiger partial charge on any atom is -0.210 e. The summed E-state index contributed by atoms with van der Waals surface area (Å²) < 4.78 is 24.8. The minimum absolute atomic E-state index is 0.182. The third-order valence-corrected chi connectivity index (χ3v) is 2.01. The van der Waals surface area contributed by atoms with Gasteiger partial charge < -0.3 is 0 Å². The second-order valence-electron chi connectivity index (χ2n) is 2.45. The molecule has 1 N–H and O–H groups in total. The van der Waals surface area contributed by atoms with Gasteiger partial charge in [0, 0.05) is 0 Å². The standard InChI is InChI=1S/C8H11F2N2P/c1-5(4-12-11)8(13)3-7(10)6(2)9/h3,11H,2,4,13H2,1H3. The molecular weight excluding hydrogens is 193 g/mol. The molecule has 0 fully saturated rings. The fourth-order valence-electron chi connectivity index (χ4n) is 0.548. The third-order valence-electron chi connectivity index (χ3n) is 1.35. The Balaban J connectivity index is 4.69. The van der Waals surface area contributed by atoms with E-state index in [1.54, 1.807) is 6.92 Å². The van der Waals surface area contributed by atoms with E-state index in [1.807, 2.05) is 0 Å². The van der Waals surface area contributed by atoms with Crippen LogP contribution in [0.4, 0.5) is 8.78 Å². The molecule has 0 heterocycles. The number of allylic oxidation sites excluding steroid dienone is 4. The van der Waals surface area contributed by atoms with Gasteiger partial charge in [-0.05, 0) is 23.9 Å². The Morgan fingerprint density at radius 1 is 1.62 bits per heavy atom. The highest BCUT2D eigenvalue weighted by atomic mass is 31.0. The quantitative estimate of drug-likeness (QED) is 0.413. The first kappa shape index (κ1) is 12.1. The Morgan fingerprint density at radius 2 is 2.15 bits per heavy atom. The molecule has 0 aliphatic rings. The van der Waals surface area contributed by atoms with Gasteiger partial charge in [-0.15, -0.1) is 9.24 Å². The van der Waals surface area contributed by atoms with Crippen molar-refractivity contribution in [2.24, 2.45) is 5.11 Å². The second kappa shape index (κ2) is 5.70. The molecule has 0 aliphatic heterocycles. The van der Waals surface area contributed by atoms with E-state index in [9.17, 15) is 8.78 Å². The molecule has 5 heteroatoms. The smallest absolute Gasteiger partial charge is 0.158 e. The predicted molar refractivity (Wildman–Crippen MR) is 51.9 cm³/mol. The van der Waals surface area contributed by atoms with Gasteiger partial charge in [0.05, 0.1) is 6.54 Å². The summed E-state index contributed by atoms with van der Waals surface area (Å²) in [5.41, 5.74) is 7.26. The van der Waals surface area contributed by atoms with Crippen LogP contribution in [0.15, 0.2) is 40.3 Å². The molecular formula is C8H11F2N2P. The molecule has 13 heavy (non-hydrogen) atoms. The van der Waals surface area contributed by atoms with Crippen molar-refractivity contribution in [3.05, 3.63) is 35.2 Å². The van der Waals surface area contributed by atoms with Crippen molar-refractivity contribution < 1.29 is 8.78 Å². The lowest BCUT2D eigenvalue weighted by Crippen LogP contribution is -1.84. The van der Waals surface area contributed by atoms with Gasteiger partial charge in [0.2, 0.25) is 0 Å². The Bertz CT molecular complexity index is 282. The van der Waals surface area contributed by atoms with E-state index >= 15 is 0 Å². The minimum atomic E-state index is -1.10. The van der Waals surface area contributed by atoms with Crippen LogP contribution in [0.5, 0.6) is 0 Å². The molecule has 2 nitrogen and oxygen atoms in total. The maximum absolute atomic E-state index is 12.6. The highest BCUT2D eigenvalue weighted by molar-refractivity contribution is 7.23. The SMILES string of the molecule is C=C(F)C(F)=CC(P)=C(C)CN=N. The van der Waals surface area contributed by atoms with Crippen molar-refractivity contribution in [1.82, 2.24) is 0 Å². The van der Waals surface area contributed by atoms with E-state index < -0.39 is 11.7 Å². The number of halogens is 2. The summed E-state index contributed by atoms with van der Waals surface area (Å²) in [6.45, 7) is 4.68. The van der Waals surface area contributed by atoms with Crippen LogP contribution >= 0.6 is 9.24 Å². The van der Waals surface area contributed by atoms with Crippen LogP contribution in [0, 0.1) is 5.53 Å². The molecule has 0 aromatic rings. The average Bonchev–Trinajstić information content (AvgIpc) is 2.04. The van der Waals surface area contributed by atoms with Gasteiger partial charge in [-0.3, -0.25) is 0 Å². The zero-order chi connectivity index (χ0) is 10.4. The Labute approximate surface area is 78.1 Å². The van der Waals surface area contributed by atoms with Gasteiger partial charge in [0.25, 0.3) is 0 Å². The predicted octanol–water partition coefficient (Wildman–Crippen LogP) is 3.50. The summed E-state index contributed by atoms with van der Waals surface area (Å²) in [5.74, 6) is -2.11. The van der Waals surface area contributed by atoms with Crippen LogP contribution in [0.1, 0.15) is 6.92 Å². The number of hydrogen-bond acceptors (Lipinski definition) is 2. The number of rotatable bonds is 4. The summed E-state index contributed by atoms with van der Waals surface area (Å²) in [7, 11) is 2.25. The molecule has 0 bridgehead atoms. The summed E-state index contributed by atoms with van der Waals surface area (Å²) in [4.78, 5) is 0. The van der Waals surface area contributed by atoms with E-state index in [1.165, 1.54) is 0 Å².